The lowest BCUT2D eigenvalue weighted by Gasteiger charge is -2.22. The predicted octanol–water partition coefficient (Wildman–Crippen LogP) is 4.11. The third-order valence-corrected chi connectivity index (χ3v) is 3.43. The molecular formula is C17H19ClN2O. The van der Waals surface area contributed by atoms with Gasteiger partial charge in [-0.1, -0.05) is 29.8 Å². The second-order valence-corrected chi connectivity index (χ2v) is 5.28. The zero-order chi connectivity index (χ0) is 15.2. The van der Waals surface area contributed by atoms with Gasteiger partial charge < -0.3 is 10.2 Å². The summed E-state index contributed by atoms with van der Waals surface area (Å²) in [5, 5.41) is 3.76. The van der Waals surface area contributed by atoms with Gasteiger partial charge in [0.25, 0.3) is 0 Å². The first-order valence-corrected chi connectivity index (χ1v) is 7.34. The largest absolute Gasteiger partial charge is 0.376 e. The van der Waals surface area contributed by atoms with Crippen LogP contribution in [-0.2, 0) is 4.79 Å². The Morgan fingerprint density at radius 2 is 1.95 bits per heavy atom. The van der Waals surface area contributed by atoms with Gasteiger partial charge in [0.2, 0.25) is 5.91 Å². The Hall–Kier alpha value is -2.00. The highest BCUT2D eigenvalue weighted by atomic mass is 35.5. The average Bonchev–Trinajstić information content (AvgIpc) is 2.46. The van der Waals surface area contributed by atoms with Crippen LogP contribution in [0.25, 0.3) is 0 Å². The fraction of sp³-hybridized carbons (Fsp3) is 0.235. The lowest BCUT2D eigenvalue weighted by Crippen LogP contribution is -2.35. The molecule has 1 N–H and O–H groups in total. The number of hydrogen-bond donors (Lipinski definition) is 1. The van der Waals surface area contributed by atoms with Gasteiger partial charge in [0.1, 0.15) is 0 Å². The monoisotopic (exact) mass is 302 g/mol. The fourth-order valence-electron chi connectivity index (χ4n) is 2.17. The highest BCUT2D eigenvalue weighted by Gasteiger charge is 2.13. The SMILES string of the molecule is CCN(C(=O)CNc1cccc(Cl)c1)c1cccc(C)c1. The van der Waals surface area contributed by atoms with Crippen molar-refractivity contribution in [3.05, 3.63) is 59.1 Å². The quantitative estimate of drug-likeness (QED) is 0.901. The number of anilines is 2. The number of carbonyl (C=O) groups excluding carboxylic acids is 1. The maximum atomic E-state index is 12.4. The molecule has 1 amide bonds. The third-order valence-electron chi connectivity index (χ3n) is 3.20. The zero-order valence-electron chi connectivity index (χ0n) is 12.3. The molecule has 0 unspecified atom stereocenters. The minimum absolute atomic E-state index is 0.0306. The van der Waals surface area contributed by atoms with Crippen molar-refractivity contribution in [2.24, 2.45) is 0 Å². The Morgan fingerprint density at radius 1 is 1.19 bits per heavy atom. The zero-order valence-corrected chi connectivity index (χ0v) is 13.0. The van der Waals surface area contributed by atoms with Crippen molar-refractivity contribution in [2.45, 2.75) is 13.8 Å². The molecule has 0 aliphatic carbocycles. The molecule has 0 bridgehead atoms. The van der Waals surface area contributed by atoms with Gasteiger partial charge in [0.15, 0.2) is 0 Å². The smallest absolute Gasteiger partial charge is 0.246 e. The van der Waals surface area contributed by atoms with E-state index in [9.17, 15) is 4.79 Å². The number of nitrogens with one attached hydrogen (secondary N) is 1. The number of benzene rings is 2. The number of hydrogen-bond acceptors (Lipinski definition) is 2. The van der Waals surface area contributed by atoms with Crippen molar-refractivity contribution in [1.82, 2.24) is 0 Å². The van der Waals surface area contributed by atoms with Crippen molar-refractivity contribution >= 4 is 28.9 Å². The molecule has 3 nitrogen and oxygen atoms in total. The second kappa shape index (κ2) is 7.14. The van der Waals surface area contributed by atoms with Crippen LogP contribution in [0.4, 0.5) is 11.4 Å². The number of nitrogens with zero attached hydrogens (tertiary/aromatic N) is 1. The highest BCUT2D eigenvalue weighted by Crippen LogP contribution is 2.17. The molecule has 0 atom stereocenters. The lowest BCUT2D eigenvalue weighted by atomic mass is 10.2. The lowest BCUT2D eigenvalue weighted by molar-refractivity contribution is -0.116. The molecule has 2 rings (SSSR count). The summed E-state index contributed by atoms with van der Waals surface area (Å²) in [4.78, 5) is 14.1. The molecular weight excluding hydrogens is 284 g/mol. The molecule has 110 valence electrons. The van der Waals surface area contributed by atoms with E-state index in [1.54, 1.807) is 17.0 Å². The molecule has 0 saturated carbocycles. The third kappa shape index (κ3) is 4.23. The van der Waals surface area contributed by atoms with Crippen LogP contribution in [0.1, 0.15) is 12.5 Å². The van der Waals surface area contributed by atoms with E-state index < -0.39 is 0 Å². The fourth-order valence-corrected chi connectivity index (χ4v) is 2.36. The summed E-state index contributed by atoms with van der Waals surface area (Å²) in [6, 6.07) is 15.3. The molecule has 0 heterocycles. The molecule has 0 aromatic heterocycles. The summed E-state index contributed by atoms with van der Waals surface area (Å²) in [6.07, 6.45) is 0. The van der Waals surface area contributed by atoms with Crippen molar-refractivity contribution in [3.63, 3.8) is 0 Å². The Labute approximate surface area is 130 Å². The van der Waals surface area contributed by atoms with Crippen molar-refractivity contribution in [2.75, 3.05) is 23.3 Å². The number of halogens is 1. The normalized spacial score (nSPS) is 10.2. The van der Waals surface area contributed by atoms with Gasteiger partial charge in [-0.15, -0.1) is 0 Å². The molecule has 0 fully saturated rings. The van der Waals surface area contributed by atoms with Crippen molar-refractivity contribution < 1.29 is 4.79 Å². The number of likely N-dealkylation sites (N-methyl/N-ethyl adjacent to an activating group) is 1. The predicted molar refractivity (Wildman–Crippen MR) is 89.1 cm³/mol. The van der Waals surface area contributed by atoms with Gasteiger partial charge in [0.05, 0.1) is 6.54 Å². The highest BCUT2D eigenvalue weighted by molar-refractivity contribution is 6.30. The van der Waals surface area contributed by atoms with Gasteiger partial charge in [-0.2, -0.15) is 0 Å². The second-order valence-electron chi connectivity index (χ2n) is 4.84. The van der Waals surface area contributed by atoms with E-state index in [0.29, 0.717) is 11.6 Å². The standard InChI is InChI=1S/C17H19ClN2O/c1-3-20(16-9-4-6-13(2)10-16)17(21)12-19-15-8-5-7-14(18)11-15/h4-11,19H,3,12H2,1-2H3. The Morgan fingerprint density at radius 3 is 2.62 bits per heavy atom. The van der Waals surface area contributed by atoms with Crippen LogP contribution in [0, 0.1) is 6.92 Å². The van der Waals surface area contributed by atoms with Crippen LogP contribution in [0.15, 0.2) is 48.5 Å². The van der Waals surface area contributed by atoms with Crippen LogP contribution >= 0.6 is 11.6 Å². The van der Waals surface area contributed by atoms with E-state index in [4.69, 9.17) is 11.6 Å². The van der Waals surface area contributed by atoms with E-state index in [1.165, 1.54) is 0 Å². The van der Waals surface area contributed by atoms with Gasteiger partial charge in [-0.25, -0.2) is 0 Å². The molecule has 0 aliphatic rings. The summed E-state index contributed by atoms with van der Waals surface area (Å²) in [7, 11) is 0. The maximum absolute atomic E-state index is 12.4. The maximum Gasteiger partial charge on any atom is 0.246 e. The molecule has 0 radical (unpaired) electrons. The first-order chi connectivity index (χ1) is 10.1. The van der Waals surface area contributed by atoms with E-state index in [1.807, 2.05) is 50.2 Å². The Kier molecular flexibility index (Phi) is 5.23. The van der Waals surface area contributed by atoms with Crippen LogP contribution in [0.5, 0.6) is 0 Å². The van der Waals surface area contributed by atoms with Crippen LogP contribution in [0.2, 0.25) is 5.02 Å². The number of aryl methyl sites for hydroxylation is 1. The number of carbonyl (C=O) groups is 1. The Balaban J connectivity index is 2.04. The van der Waals surface area contributed by atoms with Gasteiger partial charge in [-0.05, 0) is 49.7 Å². The van der Waals surface area contributed by atoms with Gasteiger partial charge >= 0.3 is 0 Å². The van der Waals surface area contributed by atoms with E-state index >= 15 is 0 Å². The molecule has 4 heteroatoms. The molecule has 0 spiro atoms. The average molecular weight is 303 g/mol. The summed E-state index contributed by atoms with van der Waals surface area (Å²) in [5.74, 6) is 0.0306. The summed E-state index contributed by atoms with van der Waals surface area (Å²) in [6.45, 7) is 4.87. The van der Waals surface area contributed by atoms with Gasteiger partial charge in [0, 0.05) is 22.9 Å². The van der Waals surface area contributed by atoms with E-state index in [-0.39, 0.29) is 12.5 Å². The molecule has 21 heavy (non-hydrogen) atoms. The van der Waals surface area contributed by atoms with Crippen molar-refractivity contribution in [3.8, 4) is 0 Å². The number of amides is 1. The minimum Gasteiger partial charge on any atom is -0.376 e. The van der Waals surface area contributed by atoms with Crippen molar-refractivity contribution in [1.29, 1.82) is 0 Å². The molecule has 0 saturated heterocycles. The van der Waals surface area contributed by atoms with Crippen LogP contribution < -0.4 is 10.2 Å². The summed E-state index contributed by atoms with van der Waals surface area (Å²) >= 11 is 5.93. The first-order valence-electron chi connectivity index (χ1n) is 6.96. The minimum atomic E-state index is 0.0306. The van der Waals surface area contributed by atoms with E-state index in [2.05, 4.69) is 5.32 Å². The molecule has 0 aliphatic heterocycles. The van der Waals surface area contributed by atoms with Gasteiger partial charge in [-0.3, -0.25) is 4.79 Å². The van der Waals surface area contributed by atoms with Crippen LogP contribution in [-0.4, -0.2) is 19.0 Å². The van der Waals surface area contributed by atoms with Crippen LogP contribution in [0.3, 0.4) is 0 Å². The number of rotatable bonds is 5. The summed E-state index contributed by atoms with van der Waals surface area (Å²) in [5.41, 5.74) is 2.91. The molecule has 2 aromatic rings. The Bertz CT molecular complexity index is 628. The summed E-state index contributed by atoms with van der Waals surface area (Å²) < 4.78 is 0. The molecule has 2 aromatic carbocycles. The topological polar surface area (TPSA) is 32.3 Å². The first kappa shape index (κ1) is 15.4. The van der Waals surface area contributed by atoms with E-state index in [0.717, 1.165) is 16.9 Å².